The number of amides is 1. The molecule has 0 aliphatic carbocycles. The van der Waals surface area contributed by atoms with E-state index in [2.05, 4.69) is 20.6 Å². The van der Waals surface area contributed by atoms with Gasteiger partial charge in [0.1, 0.15) is 0 Å². The van der Waals surface area contributed by atoms with Gasteiger partial charge in [0.25, 0.3) is 5.91 Å². The molecule has 0 aromatic carbocycles. The van der Waals surface area contributed by atoms with Gasteiger partial charge >= 0.3 is 5.97 Å². The van der Waals surface area contributed by atoms with Crippen LogP contribution < -0.4 is 10.6 Å². The van der Waals surface area contributed by atoms with E-state index in [0.29, 0.717) is 23.2 Å². The third-order valence-electron chi connectivity index (χ3n) is 2.22. The number of anilines is 1. The fourth-order valence-electron chi connectivity index (χ4n) is 1.44. The van der Waals surface area contributed by atoms with Crippen LogP contribution >= 0.6 is 11.3 Å². The lowest BCUT2D eigenvalue weighted by Crippen LogP contribution is -2.39. The number of hydrogen-bond acceptors (Lipinski definition) is 6. The number of nitrogens with one attached hydrogen (secondary N) is 2. The molecule has 2 heterocycles. The van der Waals surface area contributed by atoms with E-state index in [1.165, 1.54) is 11.3 Å². The predicted octanol–water partition coefficient (Wildman–Crippen LogP) is 0.101. The number of hydrogen-bond donors (Lipinski definition) is 3. The lowest BCUT2D eigenvalue weighted by atomic mass is 10.3. The van der Waals surface area contributed by atoms with E-state index < -0.39 is 5.97 Å². The Bertz CT molecular complexity index is 497. The fraction of sp³-hybridized carbons (Fsp3) is 0.400. The van der Waals surface area contributed by atoms with Crippen LogP contribution in [0.2, 0.25) is 0 Å². The van der Waals surface area contributed by atoms with Crippen molar-refractivity contribution in [2.75, 3.05) is 18.4 Å². The van der Waals surface area contributed by atoms with Crippen molar-refractivity contribution in [3.05, 3.63) is 11.1 Å². The van der Waals surface area contributed by atoms with E-state index in [0.717, 1.165) is 13.0 Å². The van der Waals surface area contributed by atoms with Crippen LogP contribution in [0.3, 0.4) is 0 Å². The molecule has 7 nitrogen and oxygen atoms in total. The molecule has 0 saturated carbocycles. The summed E-state index contributed by atoms with van der Waals surface area (Å²) in [4.78, 5) is 30.3. The Hall–Kier alpha value is -1.96. The number of aromatic nitrogens is 1. The first-order valence-corrected chi connectivity index (χ1v) is 6.29. The normalized spacial score (nSPS) is 14.6. The average Bonchev–Trinajstić information content (AvgIpc) is 2.76. The molecule has 0 fully saturated rings. The second-order valence-electron chi connectivity index (χ2n) is 3.68. The van der Waals surface area contributed by atoms with Crippen molar-refractivity contribution in [3.8, 4) is 0 Å². The summed E-state index contributed by atoms with van der Waals surface area (Å²) in [6.07, 6.45) is 0.766. The highest BCUT2D eigenvalue weighted by atomic mass is 32.1. The number of carboxylic acid groups (broad SMARTS) is 1. The molecule has 1 aromatic heterocycles. The van der Waals surface area contributed by atoms with Gasteiger partial charge in [0.15, 0.2) is 11.0 Å². The standard InChI is InChI=1S/C10H12N4O3S/c15-7(16)4-6-5-18-10(13-6)14-9(17)8-11-2-1-3-12-8/h5H,1-4H2,(H,11,12)(H,15,16)(H,13,14,17). The molecule has 18 heavy (non-hydrogen) atoms. The summed E-state index contributed by atoms with van der Waals surface area (Å²) in [5, 5.41) is 16.1. The Morgan fingerprint density at radius 1 is 1.56 bits per heavy atom. The quantitative estimate of drug-likeness (QED) is 0.718. The van der Waals surface area contributed by atoms with E-state index in [4.69, 9.17) is 5.11 Å². The topological polar surface area (TPSA) is 104 Å². The summed E-state index contributed by atoms with van der Waals surface area (Å²) < 4.78 is 0. The lowest BCUT2D eigenvalue weighted by Gasteiger charge is -2.12. The second-order valence-corrected chi connectivity index (χ2v) is 4.54. The molecule has 0 saturated heterocycles. The Morgan fingerprint density at radius 2 is 2.39 bits per heavy atom. The molecule has 1 aromatic rings. The third kappa shape index (κ3) is 3.27. The van der Waals surface area contributed by atoms with Crippen molar-refractivity contribution >= 4 is 34.2 Å². The summed E-state index contributed by atoms with van der Waals surface area (Å²) in [7, 11) is 0. The maximum atomic E-state index is 11.7. The first-order valence-electron chi connectivity index (χ1n) is 5.41. The molecular weight excluding hydrogens is 256 g/mol. The van der Waals surface area contributed by atoms with Crippen molar-refractivity contribution < 1.29 is 14.7 Å². The molecule has 0 spiro atoms. The number of rotatable bonds is 4. The van der Waals surface area contributed by atoms with Crippen molar-refractivity contribution in [3.63, 3.8) is 0 Å². The zero-order valence-corrected chi connectivity index (χ0v) is 10.3. The third-order valence-corrected chi connectivity index (χ3v) is 3.02. The van der Waals surface area contributed by atoms with Crippen LogP contribution in [0.4, 0.5) is 5.13 Å². The van der Waals surface area contributed by atoms with Crippen molar-refractivity contribution in [2.24, 2.45) is 4.99 Å². The van der Waals surface area contributed by atoms with Crippen molar-refractivity contribution in [1.29, 1.82) is 0 Å². The fourth-order valence-corrected chi connectivity index (χ4v) is 2.15. The molecule has 0 radical (unpaired) electrons. The zero-order valence-electron chi connectivity index (χ0n) is 9.47. The molecule has 3 N–H and O–H groups in total. The minimum absolute atomic E-state index is 0.147. The van der Waals surface area contributed by atoms with Crippen LogP contribution in [-0.4, -0.2) is 40.9 Å². The maximum absolute atomic E-state index is 11.7. The number of aliphatic imine (C=N–C) groups is 1. The molecule has 1 aliphatic rings. The first-order chi connectivity index (χ1) is 8.65. The van der Waals surface area contributed by atoms with Gasteiger partial charge in [-0.1, -0.05) is 0 Å². The van der Waals surface area contributed by atoms with E-state index in [-0.39, 0.29) is 12.3 Å². The number of aliphatic carboxylic acids is 1. The molecule has 1 aliphatic heterocycles. The van der Waals surface area contributed by atoms with Gasteiger partial charge in [0.05, 0.1) is 12.1 Å². The highest BCUT2D eigenvalue weighted by molar-refractivity contribution is 7.14. The molecule has 0 unspecified atom stereocenters. The molecule has 0 bridgehead atoms. The van der Waals surface area contributed by atoms with Crippen molar-refractivity contribution in [1.82, 2.24) is 10.3 Å². The van der Waals surface area contributed by atoms with Gasteiger partial charge in [-0.05, 0) is 6.42 Å². The Kier molecular flexibility index (Phi) is 3.88. The summed E-state index contributed by atoms with van der Waals surface area (Å²) in [5.74, 6) is -0.987. The Labute approximate surface area is 107 Å². The molecule has 1 amide bonds. The number of thiazole rings is 1. The van der Waals surface area contributed by atoms with Crippen LogP contribution in [0.25, 0.3) is 0 Å². The minimum Gasteiger partial charge on any atom is -0.481 e. The zero-order chi connectivity index (χ0) is 13.0. The van der Waals surface area contributed by atoms with Crippen LogP contribution in [0.15, 0.2) is 10.4 Å². The van der Waals surface area contributed by atoms with Crippen LogP contribution in [0.1, 0.15) is 12.1 Å². The number of carboxylic acids is 1. The predicted molar refractivity (Wildman–Crippen MR) is 67.0 cm³/mol. The number of carbonyl (C=O) groups excluding carboxylic acids is 1. The SMILES string of the molecule is O=C(O)Cc1csc(NC(=O)C2=NCCCN2)n1. The van der Waals surface area contributed by atoms with Gasteiger partial charge in [0, 0.05) is 18.5 Å². The summed E-state index contributed by atoms with van der Waals surface area (Å²) in [5.41, 5.74) is 0.432. The number of amidine groups is 1. The largest absolute Gasteiger partial charge is 0.481 e. The summed E-state index contributed by atoms with van der Waals surface area (Å²) in [6.45, 7) is 1.37. The van der Waals surface area contributed by atoms with E-state index in [1.807, 2.05) is 0 Å². The van der Waals surface area contributed by atoms with Gasteiger partial charge in [-0.15, -0.1) is 11.3 Å². The number of nitrogens with zero attached hydrogens (tertiary/aromatic N) is 2. The first kappa shape index (κ1) is 12.5. The highest BCUT2D eigenvalue weighted by Crippen LogP contribution is 2.15. The minimum atomic E-state index is -0.948. The second kappa shape index (κ2) is 5.58. The van der Waals surface area contributed by atoms with Crippen LogP contribution in [-0.2, 0) is 16.0 Å². The van der Waals surface area contributed by atoms with E-state index in [9.17, 15) is 9.59 Å². The van der Waals surface area contributed by atoms with Gasteiger partial charge in [0.2, 0.25) is 0 Å². The summed E-state index contributed by atoms with van der Waals surface area (Å²) in [6, 6.07) is 0. The Morgan fingerprint density at radius 3 is 3.06 bits per heavy atom. The molecule has 2 rings (SSSR count). The Balaban J connectivity index is 1.96. The molecular formula is C10H12N4O3S. The highest BCUT2D eigenvalue weighted by Gasteiger charge is 2.15. The van der Waals surface area contributed by atoms with Crippen LogP contribution in [0.5, 0.6) is 0 Å². The molecule has 8 heteroatoms. The monoisotopic (exact) mass is 268 g/mol. The summed E-state index contributed by atoms with van der Waals surface area (Å²) >= 11 is 1.19. The van der Waals surface area contributed by atoms with Crippen molar-refractivity contribution in [2.45, 2.75) is 12.8 Å². The van der Waals surface area contributed by atoms with Crippen LogP contribution in [0, 0.1) is 0 Å². The van der Waals surface area contributed by atoms with Gasteiger partial charge in [-0.2, -0.15) is 0 Å². The smallest absolute Gasteiger partial charge is 0.309 e. The number of carbonyl (C=O) groups is 2. The molecule has 96 valence electrons. The van der Waals surface area contributed by atoms with Gasteiger partial charge in [-0.25, -0.2) is 4.98 Å². The van der Waals surface area contributed by atoms with E-state index >= 15 is 0 Å². The van der Waals surface area contributed by atoms with Gasteiger partial charge in [-0.3, -0.25) is 19.9 Å². The van der Waals surface area contributed by atoms with E-state index in [1.54, 1.807) is 5.38 Å². The van der Waals surface area contributed by atoms with Gasteiger partial charge < -0.3 is 10.4 Å². The lowest BCUT2D eigenvalue weighted by molar-refractivity contribution is -0.136. The maximum Gasteiger partial charge on any atom is 0.309 e. The average molecular weight is 268 g/mol. The molecule has 0 atom stereocenters.